The number of fused-ring (bicyclic) bond motifs is 6. The lowest BCUT2D eigenvalue weighted by atomic mass is 9.62. The molecule has 4 heteroatoms. The molecule has 5 aliphatic rings. The lowest BCUT2D eigenvalue weighted by Gasteiger charge is -2.62. The standard InChI is InChI=1S/C68H45N3S/c1-7-24-46(25-8-1)67(47-26-9-2-10-27-47)52-36-19-21-38-56(52)70-58-40-23-41-59-64(58)72(51-34-17-6-18-35-51)65-60(44-42-54(67)62(65)70)69(50-32-15-5-16-33-50)61-45-43-55-63(66(61)72)71(59)57-39-22-20-37-53(57)68(55,48-28-11-3-12-29-48)49-30-13-4-14-31-49/h1-45H. The van der Waals surface area contributed by atoms with Gasteiger partial charge in [0.2, 0.25) is 0 Å². The van der Waals surface area contributed by atoms with Crippen LogP contribution in [0.1, 0.15) is 44.5 Å². The molecule has 0 amide bonds. The summed E-state index contributed by atoms with van der Waals surface area (Å²) in [5.41, 5.74) is 19.8. The minimum Gasteiger partial charge on any atom is -0.308 e. The first-order valence-electron chi connectivity index (χ1n) is 25.0. The Bertz CT molecular complexity index is 3700. The number of rotatable bonds is 6. The van der Waals surface area contributed by atoms with Gasteiger partial charge < -0.3 is 14.7 Å². The maximum Gasteiger partial charge on any atom is 0.0742 e. The highest BCUT2D eigenvalue weighted by Crippen LogP contribution is 2.91. The van der Waals surface area contributed by atoms with Crippen LogP contribution in [0.4, 0.5) is 51.2 Å². The van der Waals surface area contributed by atoms with Crippen molar-refractivity contribution in [2.24, 2.45) is 0 Å². The van der Waals surface area contributed by atoms with Crippen molar-refractivity contribution < 1.29 is 0 Å². The molecule has 72 heavy (non-hydrogen) atoms. The molecule has 16 rings (SSSR count). The van der Waals surface area contributed by atoms with Crippen LogP contribution in [0.5, 0.6) is 0 Å². The summed E-state index contributed by atoms with van der Waals surface area (Å²) < 4.78 is 0. The van der Waals surface area contributed by atoms with Crippen LogP contribution in [-0.2, 0) is 10.8 Å². The van der Waals surface area contributed by atoms with Crippen LogP contribution in [-0.4, -0.2) is 0 Å². The maximum atomic E-state index is 2.68. The number of nitrogens with zero attached hydrogens (tertiary/aromatic N) is 3. The summed E-state index contributed by atoms with van der Waals surface area (Å²) in [4.78, 5) is 13.4. The normalized spacial score (nSPS) is 16.2. The van der Waals surface area contributed by atoms with Gasteiger partial charge in [-0.15, -0.1) is 10.0 Å². The average molecular weight is 936 g/mol. The number of hydrogen-bond donors (Lipinski definition) is 0. The Hall–Kier alpha value is -8.83. The Morgan fingerprint density at radius 2 is 0.569 bits per heavy atom. The van der Waals surface area contributed by atoms with Gasteiger partial charge in [-0.3, -0.25) is 0 Å². The second-order valence-corrected chi connectivity index (χ2v) is 22.4. The molecule has 0 aromatic heterocycles. The van der Waals surface area contributed by atoms with Gasteiger partial charge in [0.25, 0.3) is 0 Å². The fourth-order valence-corrected chi connectivity index (χ4v) is 18.7. The molecule has 0 saturated heterocycles. The second kappa shape index (κ2) is 14.6. The van der Waals surface area contributed by atoms with Crippen molar-refractivity contribution in [3.05, 3.63) is 317 Å². The Kier molecular flexibility index (Phi) is 8.11. The third kappa shape index (κ3) is 4.70. The third-order valence-corrected chi connectivity index (χ3v) is 20.4. The van der Waals surface area contributed by atoms with Gasteiger partial charge in [0.1, 0.15) is 0 Å². The third-order valence-electron chi connectivity index (χ3n) is 16.4. The van der Waals surface area contributed by atoms with Crippen LogP contribution in [0.25, 0.3) is 0 Å². The van der Waals surface area contributed by atoms with Crippen molar-refractivity contribution in [3.63, 3.8) is 0 Å². The first-order valence-corrected chi connectivity index (χ1v) is 26.6. The molecule has 0 radical (unpaired) electrons. The quantitative estimate of drug-likeness (QED) is 0.164. The monoisotopic (exact) mass is 935 g/mol. The van der Waals surface area contributed by atoms with E-state index in [1.807, 2.05) is 0 Å². The fraction of sp³-hybridized carbons (Fsp3) is 0.0294. The van der Waals surface area contributed by atoms with E-state index in [9.17, 15) is 0 Å². The molecule has 0 bridgehead atoms. The average Bonchev–Trinajstić information content (AvgIpc) is 3.46. The smallest absolute Gasteiger partial charge is 0.0742 e. The molecule has 0 N–H and O–H groups in total. The summed E-state index contributed by atoms with van der Waals surface area (Å²) in [6, 6.07) is 104. The van der Waals surface area contributed by atoms with Gasteiger partial charge in [0.05, 0.1) is 71.0 Å². The molecule has 11 aromatic rings. The zero-order valence-electron chi connectivity index (χ0n) is 39.2. The zero-order valence-corrected chi connectivity index (χ0v) is 40.0. The highest BCUT2D eigenvalue weighted by atomic mass is 32.3. The minimum absolute atomic E-state index is 0.657. The molecule has 3 nitrogen and oxygen atoms in total. The predicted molar refractivity (Wildman–Crippen MR) is 295 cm³/mol. The van der Waals surface area contributed by atoms with Gasteiger partial charge in [0.15, 0.2) is 0 Å². The van der Waals surface area contributed by atoms with Crippen molar-refractivity contribution in [1.29, 1.82) is 0 Å². The molecule has 0 aliphatic carbocycles. The van der Waals surface area contributed by atoms with Crippen LogP contribution in [0.15, 0.2) is 293 Å². The van der Waals surface area contributed by atoms with E-state index in [0.717, 1.165) is 5.69 Å². The molecule has 0 spiro atoms. The summed E-state index contributed by atoms with van der Waals surface area (Å²) in [6.45, 7) is 0. The lowest BCUT2D eigenvalue weighted by Crippen LogP contribution is -2.43. The molecule has 11 aromatic carbocycles. The first-order chi connectivity index (χ1) is 35.8. The van der Waals surface area contributed by atoms with Crippen molar-refractivity contribution in [2.45, 2.75) is 30.4 Å². The summed E-state index contributed by atoms with van der Waals surface area (Å²) in [5, 5.41) is 0. The predicted octanol–water partition coefficient (Wildman–Crippen LogP) is 17.8. The molecule has 5 heterocycles. The van der Waals surface area contributed by atoms with E-state index in [1.54, 1.807) is 0 Å². The molecular weight excluding hydrogens is 891 g/mol. The van der Waals surface area contributed by atoms with Crippen molar-refractivity contribution in [1.82, 2.24) is 0 Å². The Morgan fingerprint density at radius 3 is 0.986 bits per heavy atom. The summed E-state index contributed by atoms with van der Waals surface area (Å²) in [7, 11) is -2.36. The topological polar surface area (TPSA) is 9.72 Å². The van der Waals surface area contributed by atoms with Gasteiger partial charge in [-0.2, -0.15) is 0 Å². The SMILES string of the molecule is c1ccc(N2c3ccc4c5c3S3(c6ccccc6)c6c(cccc6N6c7ccccc7C(c7ccccc7)(c7ccccc7)c7ccc2c3c76)N5c2ccccc2C4(c2ccccc2)c2ccccc2)cc1. The number of para-hydroxylation sites is 3. The molecular formula is C68H45N3S. The van der Waals surface area contributed by atoms with E-state index in [4.69, 9.17) is 0 Å². The van der Waals surface area contributed by atoms with Gasteiger partial charge in [-0.05, 0) is 105 Å². The van der Waals surface area contributed by atoms with Gasteiger partial charge in [-0.25, -0.2) is 0 Å². The highest BCUT2D eigenvalue weighted by molar-refractivity contribution is 8.34. The maximum absolute atomic E-state index is 2.68. The van der Waals surface area contributed by atoms with E-state index in [-0.39, 0.29) is 0 Å². The first kappa shape index (κ1) is 40.0. The largest absolute Gasteiger partial charge is 0.308 e. The summed E-state index contributed by atoms with van der Waals surface area (Å²) in [6.07, 6.45) is 0. The van der Waals surface area contributed by atoms with Gasteiger partial charge >= 0.3 is 0 Å². The molecule has 5 aliphatic heterocycles. The van der Waals surface area contributed by atoms with E-state index >= 15 is 0 Å². The van der Waals surface area contributed by atoms with Crippen molar-refractivity contribution in [2.75, 3.05) is 14.7 Å². The van der Waals surface area contributed by atoms with Gasteiger partial charge in [-0.1, -0.05) is 212 Å². The second-order valence-electron chi connectivity index (χ2n) is 19.5. The summed E-state index contributed by atoms with van der Waals surface area (Å²) >= 11 is 0. The number of hydrogen-bond acceptors (Lipinski definition) is 3. The Labute approximate surface area is 421 Å². The van der Waals surface area contributed by atoms with Crippen LogP contribution in [0.3, 0.4) is 0 Å². The van der Waals surface area contributed by atoms with Crippen LogP contribution in [0, 0.1) is 0 Å². The molecule has 0 atom stereocenters. The fourth-order valence-electron chi connectivity index (χ4n) is 13.9. The van der Waals surface area contributed by atoms with Gasteiger partial charge in [0, 0.05) is 10.6 Å². The molecule has 338 valence electrons. The highest BCUT2D eigenvalue weighted by Gasteiger charge is 2.61. The van der Waals surface area contributed by atoms with Crippen LogP contribution >= 0.6 is 10.0 Å². The zero-order chi connectivity index (χ0) is 47.2. The Morgan fingerprint density at radius 1 is 0.236 bits per heavy atom. The summed E-state index contributed by atoms with van der Waals surface area (Å²) in [5.74, 6) is 0. The van der Waals surface area contributed by atoms with E-state index in [1.165, 1.54) is 110 Å². The Balaban J connectivity index is 1.17. The van der Waals surface area contributed by atoms with Crippen LogP contribution in [0.2, 0.25) is 0 Å². The number of benzene rings is 11. The molecule has 0 unspecified atom stereocenters. The lowest BCUT2D eigenvalue weighted by molar-refractivity contribution is 0.719. The van der Waals surface area contributed by atoms with E-state index < -0.39 is 20.9 Å². The molecule has 0 saturated carbocycles. The van der Waals surface area contributed by atoms with E-state index in [0.29, 0.717) is 0 Å². The van der Waals surface area contributed by atoms with Crippen molar-refractivity contribution in [3.8, 4) is 0 Å². The minimum atomic E-state index is -2.36. The molecule has 0 fully saturated rings. The van der Waals surface area contributed by atoms with Crippen LogP contribution < -0.4 is 14.7 Å². The van der Waals surface area contributed by atoms with E-state index in [2.05, 4.69) is 288 Å². The number of anilines is 9. The van der Waals surface area contributed by atoms with Crippen molar-refractivity contribution >= 4 is 61.2 Å².